The molecule has 0 bridgehead atoms. The van der Waals surface area contributed by atoms with Gasteiger partial charge in [0.25, 0.3) is 0 Å². The van der Waals surface area contributed by atoms with E-state index in [0.717, 1.165) is 0 Å². The number of rotatable bonds is 2. The van der Waals surface area contributed by atoms with Gasteiger partial charge in [-0.25, -0.2) is 0 Å². The Morgan fingerprint density at radius 3 is 2.00 bits per heavy atom. The molecule has 17 heavy (non-hydrogen) atoms. The molecule has 1 unspecified atom stereocenters. The molecule has 0 aromatic rings. The first-order chi connectivity index (χ1) is 7.57. The van der Waals surface area contributed by atoms with Crippen molar-refractivity contribution in [1.82, 2.24) is 4.90 Å². The lowest BCUT2D eigenvalue weighted by Gasteiger charge is -2.31. The number of hydrogen-bond donors (Lipinski definition) is 0. The van der Waals surface area contributed by atoms with Gasteiger partial charge in [-0.05, 0) is 5.92 Å². The van der Waals surface area contributed by atoms with Crippen LogP contribution in [-0.4, -0.2) is 41.6 Å². The number of carbonyl (C=O) groups is 1. The van der Waals surface area contributed by atoms with Crippen LogP contribution in [-0.2, 0) is 4.79 Å². The molecule has 0 spiro atoms. The number of halogens is 7. The molecule has 0 aromatic carbocycles. The summed E-state index contributed by atoms with van der Waals surface area (Å²) in [5.41, 5.74) is 0. The van der Waals surface area contributed by atoms with E-state index in [1.54, 1.807) is 0 Å². The Kier molecular flexibility index (Phi) is 3.85. The second kappa shape index (κ2) is 4.55. The van der Waals surface area contributed by atoms with Gasteiger partial charge in [-0.3, -0.25) is 4.79 Å². The maximum Gasteiger partial charge on any atom is 0.417 e. The molecule has 0 aliphatic carbocycles. The number of hydrogen-bond acceptors (Lipinski definition) is 1. The van der Waals surface area contributed by atoms with Crippen molar-refractivity contribution >= 4 is 17.5 Å². The molecule has 1 rings (SSSR count). The van der Waals surface area contributed by atoms with Crippen molar-refractivity contribution < 1.29 is 31.1 Å². The second-order valence-electron chi connectivity index (χ2n) is 3.76. The van der Waals surface area contributed by atoms with Crippen LogP contribution in [0, 0.1) is 5.92 Å². The Hall–Kier alpha value is -0.660. The Bertz CT molecular complexity index is 287. The summed E-state index contributed by atoms with van der Waals surface area (Å²) in [6.07, 6.45) is -11.4. The quantitative estimate of drug-likeness (QED) is 0.563. The molecule has 0 N–H and O–H groups in total. The summed E-state index contributed by atoms with van der Waals surface area (Å²) in [4.78, 5) is 11.0. The third-order valence-corrected chi connectivity index (χ3v) is 2.82. The van der Waals surface area contributed by atoms with Crippen LogP contribution in [0.1, 0.15) is 6.42 Å². The molecular weight excluding hydrogens is 276 g/mol. The van der Waals surface area contributed by atoms with Gasteiger partial charge in [0.15, 0.2) is 0 Å². The highest BCUT2D eigenvalue weighted by Crippen LogP contribution is 2.39. The summed E-state index contributed by atoms with van der Waals surface area (Å²) >= 11 is 5.33. The molecule has 1 saturated heterocycles. The molecule has 9 heteroatoms. The van der Waals surface area contributed by atoms with E-state index in [4.69, 9.17) is 11.6 Å². The average molecular weight is 284 g/mol. The van der Waals surface area contributed by atoms with E-state index in [-0.39, 0.29) is 17.2 Å². The molecular formula is C8H8ClF6NO. The fourth-order valence-corrected chi connectivity index (χ4v) is 1.91. The van der Waals surface area contributed by atoms with E-state index in [2.05, 4.69) is 0 Å². The van der Waals surface area contributed by atoms with Crippen molar-refractivity contribution in [3.05, 3.63) is 0 Å². The maximum absolute atomic E-state index is 12.3. The van der Waals surface area contributed by atoms with Gasteiger partial charge in [-0.2, -0.15) is 26.3 Å². The van der Waals surface area contributed by atoms with E-state index in [1.165, 1.54) is 0 Å². The van der Waals surface area contributed by atoms with Crippen LogP contribution in [0.15, 0.2) is 0 Å². The van der Waals surface area contributed by atoms with Crippen molar-refractivity contribution in [2.75, 3.05) is 12.4 Å². The predicted molar refractivity (Wildman–Crippen MR) is 46.4 cm³/mol. The van der Waals surface area contributed by atoms with Crippen molar-refractivity contribution in [3.63, 3.8) is 0 Å². The Morgan fingerprint density at radius 1 is 1.24 bits per heavy atom. The van der Waals surface area contributed by atoms with Gasteiger partial charge in [0.05, 0.1) is 0 Å². The van der Waals surface area contributed by atoms with Crippen molar-refractivity contribution in [1.29, 1.82) is 0 Å². The van der Waals surface area contributed by atoms with Crippen molar-refractivity contribution in [2.24, 2.45) is 5.92 Å². The molecule has 1 heterocycles. The maximum atomic E-state index is 12.3. The standard InChI is InChI=1S/C8H8ClF6NO/c9-2-4-1-5(17)16(3-4)6(7(10,11)12)8(13,14)15/h4,6H,1-3H2. The smallest absolute Gasteiger partial charge is 0.323 e. The fraction of sp³-hybridized carbons (Fsp3) is 0.875. The zero-order valence-corrected chi connectivity index (χ0v) is 9.03. The lowest BCUT2D eigenvalue weighted by molar-refractivity contribution is -0.282. The summed E-state index contributed by atoms with van der Waals surface area (Å²) in [6, 6.07) is -3.74. The fourth-order valence-electron chi connectivity index (χ4n) is 1.70. The topological polar surface area (TPSA) is 20.3 Å². The molecule has 0 radical (unpaired) electrons. The summed E-state index contributed by atoms with van der Waals surface area (Å²) < 4.78 is 74.0. The molecule has 0 saturated carbocycles. The van der Waals surface area contributed by atoms with E-state index >= 15 is 0 Å². The SMILES string of the molecule is O=C1CC(CCl)CN1C(C(F)(F)F)C(F)(F)F. The summed E-state index contributed by atoms with van der Waals surface area (Å²) in [7, 11) is 0. The minimum absolute atomic E-state index is 0.148. The number of nitrogens with zero attached hydrogens (tertiary/aromatic N) is 1. The monoisotopic (exact) mass is 283 g/mol. The molecule has 0 aromatic heterocycles. The van der Waals surface area contributed by atoms with Gasteiger partial charge < -0.3 is 4.90 Å². The molecule has 1 atom stereocenters. The van der Waals surface area contributed by atoms with E-state index in [9.17, 15) is 31.1 Å². The molecule has 1 amide bonds. The number of likely N-dealkylation sites (tertiary alicyclic amines) is 1. The van der Waals surface area contributed by atoms with Crippen LogP contribution in [0.2, 0.25) is 0 Å². The van der Waals surface area contributed by atoms with Gasteiger partial charge in [-0.1, -0.05) is 0 Å². The largest absolute Gasteiger partial charge is 0.417 e. The minimum Gasteiger partial charge on any atom is -0.323 e. The predicted octanol–water partition coefficient (Wildman–Crippen LogP) is 2.57. The lowest BCUT2D eigenvalue weighted by atomic mass is 10.1. The molecule has 1 fully saturated rings. The minimum atomic E-state index is -5.53. The number of alkyl halides is 7. The molecule has 1 aliphatic heterocycles. The second-order valence-corrected chi connectivity index (χ2v) is 4.06. The van der Waals surface area contributed by atoms with Gasteiger partial charge >= 0.3 is 12.4 Å². The highest BCUT2D eigenvalue weighted by molar-refractivity contribution is 6.18. The van der Waals surface area contributed by atoms with Gasteiger partial charge in [0.1, 0.15) is 0 Å². The third-order valence-electron chi connectivity index (χ3n) is 2.39. The summed E-state index contributed by atoms with van der Waals surface area (Å²) in [5, 5.41) is 0. The number of carbonyl (C=O) groups excluding carboxylic acids is 1. The first-order valence-corrected chi connectivity index (χ1v) is 5.09. The van der Waals surface area contributed by atoms with Gasteiger partial charge in [0, 0.05) is 18.8 Å². The Morgan fingerprint density at radius 2 is 1.71 bits per heavy atom. The molecule has 100 valence electrons. The highest BCUT2D eigenvalue weighted by Gasteiger charge is 2.62. The van der Waals surface area contributed by atoms with E-state index in [0.29, 0.717) is 0 Å². The highest BCUT2D eigenvalue weighted by atomic mass is 35.5. The Balaban J connectivity index is 2.97. The van der Waals surface area contributed by atoms with Crippen LogP contribution in [0.4, 0.5) is 26.3 Å². The lowest BCUT2D eigenvalue weighted by Crippen LogP contribution is -2.55. The van der Waals surface area contributed by atoms with Crippen LogP contribution in [0.3, 0.4) is 0 Å². The summed E-state index contributed by atoms with van der Waals surface area (Å²) in [6.45, 7) is -0.619. The average Bonchev–Trinajstić information content (AvgIpc) is 2.42. The van der Waals surface area contributed by atoms with Crippen LogP contribution >= 0.6 is 11.6 Å². The molecule has 1 aliphatic rings. The van der Waals surface area contributed by atoms with Crippen LogP contribution in [0.5, 0.6) is 0 Å². The number of amides is 1. The van der Waals surface area contributed by atoms with Crippen molar-refractivity contribution in [2.45, 2.75) is 24.8 Å². The zero-order chi connectivity index (χ0) is 13.4. The van der Waals surface area contributed by atoms with Gasteiger partial charge in [-0.15, -0.1) is 11.6 Å². The van der Waals surface area contributed by atoms with Crippen LogP contribution < -0.4 is 0 Å². The first-order valence-electron chi connectivity index (χ1n) is 4.56. The van der Waals surface area contributed by atoms with Crippen LogP contribution in [0.25, 0.3) is 0 Å². The van der Waals surface area contributed by atoms with E-state index in [1.807, 2.05) is 0 Å². The summed E-state index contributed by atoms with van der Waals surface area (Å²) in [5.74, 6) is -1.99. The van der Waals surface area contributed by atoms with E-state index < -0.39 is 36.8 Å². The normalized spacial score (nSPS) is 22.7. The zero-order valence-electron chi connectivity index (χ0n) is 8.28. The van der Waals surface area contributed by atoms with Crippen molar-refractivity contribution in [3.8, 4) is 0 Å². The first kappa shape index (κ1) is 14.4. The van der Waals surface area contributed by atoms with Gasteiger partial charge in [0.2, 0.25) is 11.9 Å². The molecule has 2 nitrogen and oxygen atoms in total. The third kappa shape index (κ3) is 3.17. The Labute approximate surface area is 97.5 Å².